The second kappa shape index (κ2) is 5.37. The molecule has 4 aliphatic rings. The van der Waals surface area contributed by atoms with Crippen LogP contribution in [-0.2, 0) is 28.5 Å². The first kappa shape index (κ1) is 13.7. The van der Waals surface area contributed by atoms with Crippen LogP contribution in [0.15, 0.2) is 36.5 Å². The van der Waals surface area contributed by atoms with Crippen molar-refractivity contribution in [3.05, 3.63) is 36.5 Å². The predicted molar refractivity (Wildman–Crippen MR) is 73.7 cm³/mol. The van der Waals surface area contributed by atoms with Gasteiger partial charge < -0.3 is 18.9 Å². The number of hydrogen-bond donors (Lipinski definition) is 0. The lowest BCUT2D eigenvalue weighted by atomic mass is 10.1. The van der Waals surface area contributed by atoms with Crippen LogP contribution in [0, 0.1) is 0 Å². The first-order valence-electron chi connectivity index (χ1n) is 7.44. The third-order valence-electron chi connectivity index (χ3n) is 4.25. The average Bonchev–Trinajstić information content (AvgIpc) is 3.07. The zero-order chi connectivity index (χ0) is 15.1. The molecule has 4 heterocycles. The van der Waals surface area contributed by atoms with Crippen molar-refractivity contribution in [1.29, 1.82) is 0 Å². The number of fused-ring (bicyclic) bond motifs is 2. The number of carbonyl (C=O) groups is 2. The largest absolute Gasteiger partial charge is 0.456 e. The molecule has 0 aromatic rings. The SMILES string of the molecule is O=C1C=C[C@@H]2O[C@H](/C=C/[C@@H]3C[C@@H]4OC(=O)C=C[C@@H]4O3)C[C@@H]2O1. The summed E-state index contributed by atoms with van der Waals surface area (Å²) in [6.07, 6.45) is 10.5. The van der Waals surface area contributed by atoms with E-state index in [9.17, 15) is 9.59 Å². The van der Waals surface area contributed by atoms with Gasteiger partial charge in [-0.05, 0) is 12.2 Å². The molecule has 0 aliphatic carbocycles. The number of hydrogen-bond acceptors (Lipinski definition) is 6. The molecule has 0 spiro atoms. The molecule has 2 fully saturated rings. The van der Waals surface area contributed by atoms with Gasteiger partial charge in [-0.1, -0.05) is 12.2 Å². The summed E-state index contributed by atoms with van der Waals surface area (Å²) in [5.41, 5.74) is 0. The molecule has 6 heteroatoms. The first-order chi connectivity index (χ1) is 10.7. The van der Waals surface area contributed by atoms with E-state index in [1.54, 1.807) is 12.2 Å². The highest BCUT2D eigenvalue weighted by Gasteiger charge is 2.39. The van der Waals surface area contributed by atoms with Gasteiger partial charge in [0.05, 0.1) is 12.2 Å². The highest BCUT2D eigenvalue weighted by Crippen LogP contribution is 2.30. The van der Waals surface area contributed by atoms with Crippen LogP contribution in [0.3, 0.4) is 0 Å². The smallest absolute Gasteiger partial charge is 0.330 e. The van der Waals surface area contributed by atoms with Crippen LogP contribution < -0.4 is 0 Å². The Labute approximate surface area is 127 Å². The molecule has 0 aromatic heterocycles. The second-order valence-electron chi connectivity index (χ2n) is 5.80. The van der Waals surface area contributed by atoms with E-state index in [1.165, 1.54) is 12.2 Å². The molecule has 0 N–H and O–H groups in total. The summed E-state index contributed by atoms with van der Waals surface area (Å²) in [5, 5.41) is 0. The van der Waals surface area contributed by atoms with Crippen LogP contribution in [0.5, 0.6) is 0 Å². The summed E-state index contributed by atoms with van der Waals surface area (Å²) in [6, 6.07) is 0. The number of rotatable bonds is 2. The minimum absolute atomic E-state index is 0.102. The maximum Gasteiger partial charge on any atom is 0.330 e. The predicted octanol–water partition coefficient (Wildman–Crippen LogP) is 0.821. The molecule has 6 nitrogen and oxygen atoms in total. The van der Waals surface area contributed by atoms with Crippen molar-refractivity contribution < 1.29 is 28.5 Å². The lowest BCUT2D eigenvalue weighted by molar-refractivity contribution is -0.147. The maximum absolute atomic E-state index is 11.2. The molecule has 6 atom stereocenters. The summed E-state index contributed by atoms with van der Waals surface area (Å²) in [6.45, 7) is 0. The number of esters is 2. The van der Waals surface area contributed by atoms with Gasteiger partial charge in [0.2, 0.25) is 0 Å². The molecule has 0 aromatic carbocycles. The van der Waals surface area contributed by atoms with Gasteiger partial charge in [0.15, 0.2) is 0 Å². The van der Waals surface area contributed by atoms with Crippen molar-refractivity contribution in [1.82, 2.24) is 0 Å². The minimum Gasteiger partial charge on any atom is -0.456 e. The van der Waals surface area contributed by atoms with Gasteiger partial charge in [0, 0.05) is 25.0 Å². The molecular formula is C16H16O6. The molecule has 0 unspecified atom stereocenters. The van der Waals surface area contributed by atoms with Crippen molar-refractivity contribution in [3.8, 4) is 0 Å². The van der Waals surface area contributed by atoms with E-state index in [0.717, 1.165) is 0 Å². The molecule has 4 aliphatic heterocycles. The summed E-state index contributed by atoms with van der Waals surface area (Å²) >= 11 is 0. The average molecular weight is 304 g/mol. The third kappa shape index (κ3) is 2.60. The molecule has 0 amide bonds. The van der Waals surface area contributed by atoms with Crippen molar-refractivity contribution >= 4 is 11.9 Å². The fourth-order valence-corrected chi connectivity index (χ4v) is 3.20. The second-order valence-corrected chi connectivity index (χ2v) is 5.80. The zero-order valence-electron chi connectivity index (χ0n) is 11.8. The Morgan fingerprint density at radius 3 is 1.73 bits per heavy atom. The molecule has 116 valence electrons. The van der Waals surface area contributed by atoms with E-state index in [1.807, 2.05) is 12.2 Å². The van der Waals surface area contributed by atoms with E-state index in [2.05, 4.69) is 0 Å². The van der Waals surface area contributed by atoms with Crippen LogP contribution in [0.1, 0.15) is 12.8 Å². The van der Waals surface area contributed by atoms with Crippen LogP contribution in [0.4, 0.5) is 0 Å². The monoisotopic (exact) mass is 304 g/mol. The van der Waals surface area contributed by atoms with Crippen molar-refractivity contribution in [2.24, 2.45) is 0 Å². The quantitative estimate of drug-likeness (QED) is 0.555. The Bertz CT molecular complexity index is 527. The van der Waals surface area contributed by atoms with Gasteiger partial charge in [-0.25, -0.2) is 9.59 Å². The fraction of sp³-hybridized carbons (Fsp3) is 0.500. The zero-order valence-corrected chi connectivity index (χ0v) is 11.8. The minimum atomic E-state index is -0.314. The fourth-order valence-electron chi connectivity index (χ4n) is 3.20. The topological polar surface area (TPSA) is 71.1 Å². The number of ether oxygens (including phenoxy) is 4. The summed E-state index contributed by atoms with van der Waals surface area (Å²) < 4.78 is 22.0. The lowest BCUT2D eigenvalue weighted by Crippen LogP contribution is -2.28. The van der Waals surface area contributed by atoms with E-state index < -0.39 is 0 Å². The molecule has 4 rings (SSSR count). The van der Waals surface area contributed by atoms with Crippen molar-refractivity contribution in [3.63, 3.8) is 0 Å². The number of carbonyl (C=O) groups excluding carboxylic acids is 2. The molecule has 2 saturated heterocycles. The Kier molecular flexibility index (Phi) is 3.35. The third-order valence-corrected chi connectivity index (χ3v) is 4.25. The molecule has 0 saturated carbocycles. The van der Waals surface area contributed by atoms with Gasteiger partial charge in [-0.15, -0.1) is 0 Å². The van der Waals surface area contributed by atoms with Crippen molar-refractivity contribution in [2.75, 3.05) is 0 Å². The highest BCUT2D eigenvalue weighted by atomic mass is 16.6. The normalized spacial score (nSPS) is 43.1. The van der Waals surface area contributed by atoms with E-state index >= 15 is 0 Å². The Balaban J connectivity index is 1.34. The Morgan fingerprint density at radius 1 is 0.818 bits per heavy atom. The Hall–Kier alpha value is -1.92. The van der Waals surface area contributed by atoms with Gasteiger partial charge >= 0.3 is 11.9 Å². The highest BCUT2D eigenvalue weighted by molar-refractivity contribution is 5.83. The molecule has 22 heavy (non-hydrogen) atoms. The standard InChI is InChI=1S/C16H16O6/c17-15-5-3-11-13(21-15)7-9(19-11)1-2-10-8-14-12(20-10)4-6-16(18)22-14/h1-6,9-14H,7-8H2/b2-1+/t9-,10-,11+,12+,13+,14+/m1/s1. The van der Waals surface area contributed by atoms with Crippen LogP contribution in [-0.4, -0.2) is 48.6 Å². The van der Waals surface area contributed by atoms with E-state index in [4.69, 9.17) is 18.9 Å². The van der Waals surface area contributed by atoms with Crippen LogP contribution >= 0.6 is 0 Å². The summed E-state index contributed by atoms with van der Waals surface area (Å²) in [7, 11) is 0. The molecular weight excluding hydrogens is 288 g/mol. The first-order valence-corrected chi connectivity index (χ1v) is 7.44. The summed E-state index contributed by atoms with van der Waals surface area (Å²) in [4.78, 5) is 22.4. The van der Waals surface area contributed by atoms with Gasteiger partial charge in [-0.2, -0.15) is 0 Å². The molecule has 0 bridgehead atoms. The van der Waals surface area contributed by atoms with Crippen LogP contribution in [0.25, 0.3) is 0 Å². The maximum atomic E-state index is 11.2. The van der Waals surface area contributed by atoms with Gasteiger partial charge in [0.25, 0.3) is 0 Å². The van der Waals surface area contributed by atoms with E-state index in [0.29, 0.717) is 12.8 Å². The van der Waals surface area contributed by atoms with E-state index in [-0.39, 0.29) is 48.6 Å². The lowest BCUT2D eigenvalue weighted by Gasteiger charge is -2.18. The Morgan fingerprint density at radius 2 is 1.27 bits per heavy atom. The molecule has 0 radical (unpaired) electrons. The van der Waals surface area contributed by atoms with Crippen LogP contribution in [0.2, 0.25) is 0 Å². The van der Waals surface area contributed by atoms with Gasteiger partial charge in [0.1, 0.15) is 24.4 Å². The van der Waals surface area contributed by atoms with Gasteiger partial charge in [-0.3, -0.25) is 0 Å². The summed E-state index contributed by atoms with van der Waals surface area (Å²) in [5.74, 6) is -0.627. The van der Waals surface area contributed by atoms with Crippen molar-refractivity contribution in [2.45, 2.75) is 49.5 Å².